The summed E-state index contributed by atoms with van der Waals surface area (Å²) in [6.45, 7) is 2.84. The molecule has 0 spiro atoms. The van der Waals surface area contributed by atoms with Crippen LogP contribution in [0.25, 0.3) is 0 Å². The minimum atomic E-state index is -1.19. The number of hydrogen-bond donors (Lipinski definition) is 1. The van der Waals surface area contributed by atoms with Gasteiger partial charge in [-0.1, -0.05) is 0 Å². The highest BCUT2D eigenvalue weighted by atomic mass is 19.1. The third-order valence-corrected chi connectivity index (χ3v) is 2.01. The van der Waals surface area contributed by atoms with Crippen LogP contribution in [0.5, 0.6) is 0 Å². The first-order valence-corrected chi connectivity index (χ1v) is 3.59. The molecule has 0 unspecified atom stereocenters. The van der Waals surface area contributed by atoms with Crippen LogP contribution in [0.3, 0.4) is 0 Å². The summed E-state index contributed by atoms with van der Waals surface area (Å²) >= 11 is 0. The number of hydrogen-bond acceptors (Lipinski definition) is 2. The Balaban J connectivity index is 2.51. The van der Waals surface area contributed by atoms with Crippen LogP contribution in [0.4, 0.5) is 4.39 Å². The Morgan fingerprint density at radius 3 is 2.80 bits per heavy atom. The van der Waals surface area contributed by atoms with Gasteiger partial charge in [0.05, 0.1) is 6.10 Å². The van der Waals surface area contributed by atoms with Crippen LogP contribution in [-0.2, 0) is 4.74 Å². The number of nitrogens with one attached hydrogen (secondary N) is 1. The first-order valence-electron chi connectivity index (χ1n) is 3.59. The van der Waals surface area contributed by atoms with Gasteiger partial charge in [-0.15, -0.1) is 0 Å². The summed E-state index contributed by atoms with van der Waals surface area (Å²) in [4.78, 5) is 0. The molecule has 1 fully saturated rings. The lowest BCUT2D eigenvalue weighted by Gasteiger charge is -2.33. The molecule has 0 saturated carbocycles. The maximum Gasteiger partial charge on any atom is 0.146 e. The SMILES string of the molecule is CO[C@@H]1CCNC[C@]1(C)F. The molecule has 0 bridgehead atoms. The lowest BCUT2D eigenvalue weighted by atomic mass is 9.95. The fraction of sp³-hybridized carbons (Fsp3) is 1.00. The van der Waals surface area contributed by atoms with Crippen molar-refractivity contribution in [3.8, 4) is 0 Å². The molecule has 2 nitrogen and oxygen atoms in total. The molecule has 0 aromatic carbocycles. The fourth-order valence-electron chi connectivity index (χ4n) is 1.34. The molecule has 10 heavy (non-hydrogen) atoms. The minimum absolute atomic E-state index is 0.228. The number of alkyl halides is 1. The average Bonchev–Trinajstić information content (AvgIpc) is 1.87. The van der Waals surface area contributed by atoms with Gasteiger partial charge in [0.15, 0.2) is 0 Å². The van der Waals surface area contributed by atoms with E-state index >= 15 is 0 Å². The van der Waals surface area contributed by atoms with Gasteiger partial charge >= 0.3 is 0 Å². The highest BCUT2D eigenvalue weighted by Crippen LogP contribution is 2.22. The van der Waals surface area contributed by atoms with Crippen molar-refractivity contribution >= 4 is 0 Å². The van der Waals surface area contributed by atoms with E-state index in [1.54, 1.807) is 14.0 Å². The normalized spacial score (nSPS) is 41.7. The van der Waals surface area contributed by atoms with Gasteiger partial charge in [-0.3, -0.25) is 0 Å². The average molecular weight is 147 g/mol. The van der Waals surface area contributed by atoms with E-state index in [1.807, 2.05) is 0 Å². The Bertz CT molecular complexity index is 116. The third-order valence-electron chi connectivity index (χ3n) is 2.01. The zero-order chi connectivity index (χ0) is 7.61. The molecule has 3 heteroatoms. The summed E-state index contributed by atoms with van der Waals surface area (Å²) < 4.78 is 18.3. The Morgan fingerprint density at radius 1 is 1.70 bits per heavy atom. The second-order valence-electron chi connectivity index (χ2n) is 2.97. The largest absolute Gasteiger partial charge is 0.378 e. The summed E-state index contributed by atoms with van der Waals surface area (Å²) in [5.41, 5.74) is -1.19. The van der Waals surface area contributed by atoms with E-state index in [1.165, 1.54) is 0 Å². The van der Waals surface area contributed by atoms with Gasteiger partial charge < -0.3 is 10.1 Å². The van der Waals surface area contributed by atoms with Gasteiger partial charge in [0.1, 0.15) is 5.67 Å². The zero-order valence-corrected chi connectivity index (χ0v) is 6.48. The number of piperidine rings is 1. The Kier molecular flexibility index (Phi) is 2.26. The molecule has 0 aromatic heterocycles. The van der Waals surface area contributed by atoms with Gasteiger partial charge in [-0.25, -0.2) is 4.39 Å². The van der Waals surface area contributed by atoms with E-state index in [4.69, 9.17) is 4.74 Å². The molecule has 2 atom stereocenters. The fourth-order valence-corrected chi connectivity index (χ4v) is 1.34. The molecule has 0 aliphatic carbocycles. The number of halogens is 1. The van der Waals surface area contributed by atoms with E-state index in [9.17, 15) is 4.39 Å². The maximum absolute atomic E-state index is 13.3. The highest BCUT2D eigenvalue weighted by molar-refractivity contribution is 4.89. The standard InChI is InChI=1S/C7H14FNO/c1-7(8)5-9-4-3-6(7)10-2/h6,9H,3-5H2,1-2H3/t6-,7+/m1/s1. The predicted molar refractivity (Wildman–Crippen MR) is 37.8 cm³/mol. The van der Waals surface area contributed by atoms with Crippen molar-refractivity contribution in [1.29, 1.82) is 0 Å². The van der Waals surface area contributed by atoms with Crippen molar-refractivity contribution in [3.63, 3.8) is 0 Å². The lowest BCUT2D eigenvalue weighted by Crippen LogP contribution is -2.51. The molecule has 1 saturated heterocycles. The number of methoxy groups -OCH3 is 1. The van der Waals surface area contributed by atoms with Crippen molar-refractivity contribution in [1.82, 2.24) is 5.32 Å². The molecule has 1 heterocycles. The van der Waals surface area contributed by atoms with E-state index in [0.29, 0.717) is 6.54 Å². The summed E-state index contributed by atoms with van der Waals surface area (Å²) in [6, 6.07) is 0. The zero-order valence-electron chi connectivity index (χ0n) is 6.48. The second-order valence-corrected chi connectivity index (χ2v) is 2.97. The van der Waals surface area contributed by atoms with E-state index in [2.05, 4.69) is 5.32 Å². The van der Waals surface area contributed by atoms with Crippen molar-refractivity contribution < 1.29 is 9.13 Å². The Hall–Kier alpha value is -0.150. The summed E-state index contributed by atoms with van der Waals surface area (Å²) in [6.07, 6.45) is 0.539. The van der Waals surface area contributed by atoms with Crippen molar-refractivity contribution in [2.45, 2.75) is 25.1 Å². The Morgan fingerprint density at radius 2 is 2.40 bits per heavy atom. The molecule has 1 aliphatic heterocycles. The van der Waals surface area contributed by atoms with Crippen LogP contribution < -0.4 is 5.32 Å². The summed E-state index contributed by atoms with van der Waals surface area (Å²) in [5.74, 6) is 0. The van der Waals surface area contributed by atoms with Crippen LogP contribution in [-0.4, -0.2) is 32.0 Å². The first-order chi connectivity index (χ1) is 4.67. The van der Waals surface area contributed by atoms with Crippen LogP contribution in [0.15, 0.2) is 0 Å². The Labute approximate surface area is 60.8 Å². The van der Waals surface area contributed by atoms with Crippen LogP contribution in [0.1, 0.15) is 13.3 Å². The number of ether oxygens (including phenoxy) is 1. The van der Waals surface area contributed by atoms with Crippen molar-refractivity contribution in [3.05, 3.63) is 0 Å². The van der Waals surface area contributed by atoms with Gasteiger partial charge in [-0.2, -0.15) is 0 Å². The van der Waals surface area contributed by atoms with Crippen LogP contribution in [0.2, 0.25) is 0 Å². The minimum Gasteiger partial charge on any atom is -0.378 e. The van der Waals surface area contributed by atoms with E-state index < -0.39 is 5.67 Å². The summed E-state index contributed by atoms with van der Waals surface area (Å²) in [7, 11) is 1.56. The molecular weight excluding hydrogens is 133 g/mol. The molecule has 0 aromatic rings. The monoisotopic (exact) mass is 147 g/mol. The molecule has 0 radical (unpaired) electrons. The van der Waals surface area contributed by atoms with E-state index in [-0.39, 0.29) is 6.10 Å². The number of rotatable bonds is 1. The van der Waals surface area contributed by atoms with Crippen LogP contribution in [0, 0.1) is 0 Å². The van der Waals surface area contributed by atoms with Gasteiger partial charge in [0.2, 0.25) is 0 Å². The second kappa shape index (κ2) is 2.84. The molecule has 1 rings (SSSR count). The van der Waals surface area contributed by atoms with Gasteiger partial charge in [0.25, 0.3) is 0 Å². The quantitative estimate of drug-likeness (QED) is 0.590. The maximum atomic E-state index is 13.3. The first kappa shape index (κ1) is 7.95. The molecule has 1 N–H and O–H groups in total. The lowest BCUT2D eigenvalue weighted by molar-refractivity contribution is -0.0448. The highest BCUT2D eigenvalue weighted by Gasteiger charge is 2.36. The third kappa shape index (κ3) is 1.47. The van der Waals surface area contributed by atoms with Gasteiger partial charge in [-0.05, 0) is 19.9 Å². The molecule has 1 aliphatic rings. The predicted octanol–water partition coefficient (Wildman–Crippen LogP) is 0.723. The topological polar surface area (TPSA) is 21.3 Å². The molecule has 0 amide bonds. The summed E-state index contributed by atoms with van der Waals surface area (Å²) in [5, 5.41) is 2.98. The van der Waals surface area contributed by atoms with Crippen molar-refractivity contribution in [2.24, 2.45) is 0 Å². The van der Waals surface area contributed by atoms with Crippen molar-refractivity contribution in [2.75, 3.05) is 20.2 Å². The smallest absolute Gasteiger partial charge is 0.146 e. The van der Waals surface area contributed by atoms with Crippen LogP contribution >= 0.6 is 0 Å². The van der Waals surface area contributed by atoms with E-state index in [0.717, 1.165) is 13.0 Å². The van der Waals surface area contributed by atoms with Gasteiger partial charge in [0, 0.05) is 13.7 Å². The molecule has 60 valence electrons. The molecular formula is C7H14FNO.